The van der Waals surface area contributed by atoms with Gasteiger partial charge in [-0.25, -0.2) is 9.37 Å². The Balaban J connectivity index is 1.75. The molecule has 4 nitrogen and oxygen atoms in total. The van der Waals surface area contributed by atoms with Gasteiger partial charge in [-0.05, 0) is 18.2 Å². The van der Waals surface area contributed by atoms with Gasteiger partial charge in [-0.2, -0.15) is 5.26 Å². The summed E-state index contributed by atoms with van der Waals surface area (Å²) in [6.07, 6.45) is 3.83. The van der Waals surface area contributed by atoms with Crippen LogP contribution in [0.25, 0.3) is 4.96 Å². The minimum atomic E-state index is -0.430. The molecule has 0 fully saturated rings. The lowest BCUT2D eigenvalue weighted by atomic mass is 10.2. The van der Waals surface area contributed by atoms with Crippen LogP contribution in [0, 0.1) is 17.1 Å². The zero-order valence-electron chi connectivity index (χ0n) is 9.80. The monoisotopic (exact) mass is 272 g/mol. The van der Waals surface area contributed by atoms with Crippen molar-refractivity contribution in [2.75, 3.05) is 5.32 Å². The highest BCUT2D eigenvalue weighted by molar-refractivity contribution is 7.15. The number of aromatic nitrogens is 2. The highest BCUT2D eigenvalue weighted by Gasteiger charge is 2.05. The number of rotatable bonds is 3. The van der Waals surface area contributed by atoms with Gasteiger partial charge in [0.2, 0.25) is 0 Å². The van der Waals surface area contributed by atoms with Gasteiger partial charge in [0, 0.05) is 17.8 Å². The Labute approximate surface area is 112 Å². The van der Waals surface area contributed by atoms with Gasteiger partial charge in [0.05, 0.1) is 29.6 Å². The molecule has 2 aromatic heterocycles. The fourth-order valence-corrected chi connectivity index (χ4v) is 2.49. The molecule has 3 aromatic rings. The maximum Gasteiger partial charge on any atom is 0.193 e. The van der Waals surface area contributed by atoms with E-state index < -0.39 is 5.82 Å². The van der Waals surface area contributed by atoms with Gasteiger partial charge in [0.25, 0.3) is 0 Å². The number of thiazole rings is 1. The van der Waals surface area contributed by atoms with Crippen LogP contribution in [0.4, 0.5) is 10.1 Å². The number of nitrogens with one attached hydrogen (secondary N) is 1. The van der Waals surface area contributed by atoms with Crippen LogP contribution in [0.3, 0.4) is 0 Å². The maximum atomic E-state index is 13.6. The summed E-state index contributed by atoms with van der Waals surface area (Å²) in [5.41, 5.74) is 1.52. The molecule has 3 rings (SSSR count). The Kier molecular flexibility index (Phi) is 2.89. The lowest BCUT2D eigenvalue weighted by Gasteiger charge is -2.05. The van der Waals surface area contributed by atoms with Gasteiger partial charge in [-0.15, -0.1) is 11.3 Å². The molecule has 0 unspecified atom stereocenters. The van der Waals surface area contributed by atoms with Crippen molar-refractivity contribution in [1.29, 1.82) is 5.26 Å². The molecule has 19 heavy (non-hydrogen) atoms. The topological polar surface area (TPSA) is 53.1 Å². The first kappa shape index (κ1) is 11.7. The third-order valence-electron chi connectivity index (χ3n) is 2.70. The molecule has 1 N–H and O–H groups in total. The Hall–Kier alpha value is -2.39. The second kappa shape index (κ2) is 4.71. The number of anilines is 1. The standard InChI is InChI=1S/C13H9FN4S/c14-11-5-9(6-15)1-2-12(11)16-7-10-8-18-3-4-19-13(18)17-10/h1-5,8,16H,7H2. The number of nitriles is 1. The van der Waals surface area contributed by atoms with E-state index in [1.807, 2.05) is 28.2 Å². The summed E-state index contributed by atoms with van der Waals surface area (Å²) in [5.74, 6) is -0.430. The number of fused-ring (bicyclic) bond motifs is 1. The molecule has 2 heterocycles. The fourth-order valence-electron chi connectivity index (χ4n) is 1.78. The summed E-state index contributed by atoms with van der Waals surface area (Å²) in [7, 11) is 0. The van der Waals surface area contributed by atoms with E-state index in [-0.39, 0.29) is 0 Å². The Bertz CT molecular complexity index is 740. The van der Waals surface area contributed by atoms with Crippen LogP contribution in [0.5, 0.6) is 0 Å². The molecule has 0 saturated heterocycles. The molecule has 0 amide bonds. The third kappa shape index (κ3) is 2.28. The zero-order valence-corrected chi connectivity index (χ0v) is 10.6. The Morgan fingerprint density at radius 3 is 3.11 bits per heavy atom. The van der Waals surface area contributed by atoms with Crippen LogP contribution in [0.2, 0.25) is 0 Å². The predicted octanol–water partition coefficient (Wildman–Crippen LogP) is 3.02. The quantitative estimate of drug-likeness (QED) is 0.797. The van der Waals surface area contributed by atoms with Gasteiger partial charge < -0.3 is 5.32 Å². The van der Waals surface area contributed by atoms with Gasteiger partial charge in [-0.3, -0.25) is 4.40 Å². The number of benzene rings is 1. The first-order valence-electron chi connectivity index (χ1n) is 5.61. The van der Waals surface area contributed by atoms with E-state index >= 15 is 0 Å². The van der Waals surface area contributed by atoms with Crippen LogP contribution in [0.15, 0.2) is 36.0 Å². The van der Waals surface area contributed by atoms with E-state index in [9.17, 15) is 4.39 Å². The maximum absolute atomic E-state index is 13.6. The zero-order chi connectivity index (χ0) is 13.2. The van der Waals surface area contributed by atoms with Crippen molar-refractivity contribution in [3.05, 3.63) is 53.0 Å². The van der Waals surface area contributed by atoms with Gasteiger partial charge in [0.1, 0.15) is 5.82 Å². The number of halogens is 1. The largest absolute Gasteiger partial charge is 0.377 e. The summed E-state index contributed by atoms with van der Waals surface area (Å²) < 4.78 is 15.6. The fraction of sp³-hybridized carbons (Fsp3) is 0.0769. The smallest absolute Gasteiger partial charge is 0.193 e. The molecular formula is C13H9FN4S. The number of hydrogen-bond donors (Lipinski definition) is 1. The first-order chi connectivity index (χ1) is 9.26. The minimum absolute atomic E-state index is 0.311. The molecule has 6 heteroatoms. The highest BCUT2D eigenvalue weighted by Crippen LogP contribution is 2.17. The molecule has 0 spiro atoms. The molecule has 0 aliphatic carbocycles. The van der Waals surface area contributed by atoms with Crippen molar-refractivity contribution in [2.45, 2.75) is 6.54 Å². The lowest BCUT2D eigenvalue weighted by molar-refractivity contribution is 0.629. The van der Waals surface area contributed by atoms with Crippen LogP contribution < -0.4 is 5.32 Å². The number of nitrogens with zero attached hydrogens (tertiary/aromatic N) is 3. The molecule has 0 aliphatic heterocycles. The van der Waals surface area contributed by atoms with Crippen molar-refractivity contribution in [2.24, 2.45) is 0 Å². The van der Waals surface area contributed by atoms with Crippen molar-refractivity contribution in [3.8, 4) is 6.07 Å². The summed E-state index contributed by atoms with van der Waals surface area (Å²) in [5, 5.41) is 13.6. The second-order valence-corrected chi connectivity index (χ2v) is 4.86. The summed E-state index contributed by atoms with van der Waals surface area (Å²) in [6.45, 7) is 0.442. The molecule has 0 atom stereocenters. The number of imidazole rings is 1. The normalized spacial score (nSPS) is 10.5. The Morgan fingerprint density at radius 1 is 1.47 bits per heavy atom. The lowest BCUT2D eigenvalue weighted by Crippen LogP contribution is -2.01. The van der Waals surface area contributed by atoms with Crippen molar-refractivity contribution >= 4 is 22.0 Å². The third-order valence-corrected chi connectivity index (χ3v) is 3.47. The SMILES string of the molecule is N#Cc1ccc(NCc2cn3ccsc3n2)c(F)c1. The molecule has 1 aromatic carbocycles. The average molecular weight is 272 g/mol. The van der Waals surface area contributed by atoms with E-state index in [1.54, 1.807) is 23.5 Å². The second-order valence-electron chi connectivity index (χ2n) is 3.99. The van der Waals surface area contributed by atoms with E-state index in [4.69, 9.17) is 5.26 Å². The molecule has 0 bridgehead atoms. The van der Waals surface area contributed by atoms with Gasteiger partial charge in [0.15, 0.2) is 4.96 Å². The van der Waals surface area contributed by atoms with Crippen LogP contribution in [0.1, 0.15) is 11.3 Å². The van der Waals surface area contributed by atoms with Crippen LogP contribution >= 0.6 is 11.3 Å². The first-order valence-corrected chi connectivity index (χ1v) is 6.49. The van der Waals surface area contributed by atoms with Crippen molar-refractivity contribution in [3.63, 3.8) is 0 Å². The van der Waals surface area contributed by atoms with Gasteiger partial charge in [-0.1, -0.05) is 0 Å². The molecule has 94 valence electrons. The van der Waals surface area contributed by atoms with Crippen LogP contribution in [-0.4, -0.2) is 9.38 Å². The molecular weight excluding hydrogens is 263 g/mol. The minimum Gasteiger partial charge on any atom is -0.377 e. The van der Waals surface area contributed by atoms with E-state index in [0.29, 0.717) is 17.8 Å². The molecule has 0 aliphatic rings. The highest BCUT2D eigenvalue weighted by atomic mass is 32.1. The van der Waals surface area contributed by atoms with E-state index in [0.717, 1.165) is 10.7 Å². The van der Waals surface area contributed by atoms with Crippen molar-refractivity contribution < 1.29 is 4.39 Å². The van der Waals surface area contributed by atoms with Crippen LogP contribution in [-0.2, 0) is 6.54 Å². The summed E-state index contributed by atoms with van der Waals surface area (Å²) in [6, 6.07) is 6.26. The predicted molar refractivity (Wildman–Crippen MR) is 71.5 cm³/mol. The average Bonchev–Trinajstić information content (AvgIpc) is 2.98. The van der Waals surface area contributed by atoms with E-state index in [2.05, 4.69) is 10.3 Å². The summed E-state index contributed by atoms with van der Waals surface area (Å²) in [4.78, 5) is 5.31. The van der Waals surface area contributed by atoms with Crippen molar-refractivity contribution in [1.82, 2.24) is 9.38 Å². The Morgan fingerprint density at radius 2 is 2.37 bits per heavy atom. The van der Waals surface area contributed by atoms with Gasteiger partial charge >= 0.3 is 0 Å². The summed E-state index contributed by atoms with van der Waals surface area (Å²) >= 11 is 1.55. The molecule has 0 radical (unpaired) electrons. The van der Waals surface area contributed by atoms with E-state index in [1.165, 1.54) is 6.07 Å². The molecule has 0 saturated carbocycles. The number of hydrogen-bond acceptors (Lipinski definition) is 4.